The largest absolute Gasteiger partial charge is 0.469 e. The van der Waals surface area contributed by atoms with Crippen molar-refractivity contribution in [2.45, 2.75) is 238 Å². The van der Waals surface area contributed by atoms with Gasteiger partial charge in [-0.25, -0.2) is 4.57 Å². The molecule has 318 valence electrons. The summed E-state index contributed by atoms with van der Waals surface area (Å²) in [5.74, 6) is -0.888. The van der Waals surface area contributed by atoms with Crippen LogP contribution in [0.3, 0.4) is 0 Å². The molecule has 9 heteroatoms. The molecule has 0 aliphatic rings. The van der Waals surface area contributed by atoms with Gasteiger partial charge in [0.2, 0.25) is 0 Å². The van der Waals surface area contributed by atoms with Crippen molar-refractivity contribution < 1.29 is 37.9 Å². The lowest BCUT2D eigenvalue weighted by molar-refractivity contribution is -0.161. The Balaban J connectivity index is 3.83. The van der Waals surface area contributed by atoms with Gasteiger partial charge in [-0.2, -0.15) is 0 Å². The van der Waals surface area contributed by atoms with E-state index in [4.69, 9.17) is 19.3 Å². The molecule has 0 bridgehead atoms. The molecule has 0 aromatic rings. The molecule has 1 atom stereocenters. The van der Waals surface area contributed by atoms with Gasteiger partial charge in [-0.15, -0.1) is 0 Å². The SMILES string of the molecule is CCCCCC/C=C\CCCCCCCC(=O)OCC(COP(=O)(O)O)OC(=O)CCCCCCCCCCCCC/C=C\CCCCCCCCCC. The van der Waals surface area contributed by atoms with Crippen LogP contribution in [-0.2, 0) is 28.2 Å². The number of rotatable bonds is 42. The zero-order valence-corrected chi connectivity index (χ0v) is 36.0. The molecule has 2 N–H and O–H groups in total. The first-order chi connectivity index (χ1) is 26.3. The number of ether oxygens (including phenoxy) is 2. The van der Waals surface area contributed by atoms with Crippen LogP contribution in [0, 0.1) is 0 Å². The fraction of sp³-hybridized carbons (Fsp3) is 0.867. The van der Waals surface area contributed by atoms with Crippen molar-refractivity contribution >= 4 is 19.8 Å². The van der Waals surface area contributed by atoms with Crippen molar-refractivity contribution in [3.8, 4) is 0 Å². The van der Waals surface area contributed by atoms with Crippen LogP contribution < -0.4 is 0 Å². The second kappa shape index (κ2) is 41.2. The van der Waals surface area contributed by atoms with E-state index in [1.54, 1.807) is 0 Å². The highest BCUT2D eigenvalue weighted by Crippen LogP contribution is 2.36. The van der Waals surface area contributed by atoms with Crippen LogP contribution in [0.4, 0.5) is 0 Å². The number of esters is 2. The number of hydrogen-bond acceptors (Lipinski definition) is 6. The normalized spacial score (nSPS) is 12.6. The molecule has 0 fully saturated rings. The zero-order chi connectivity index (χ0) is 39.6. The summed E-state index contributed by atoms with van der Waals surface area (Å²) in [5.41, 5.74) is 0. The molecule has 0 rings (SSSR count). The minimum absolute atomic E-state index is 0.212. The van der Waals surface area contributed by atoms with E-state index in [1.807, 2.05) is 0 Å². The molecule has 0 amide bonds. The number of carbonyl (C=O) groups excluding carboxylic acids is 2. The van der Waals surface area contributed by atoms with E-state index >= 15 is 0 Å². The van der Waals surface area contributed by atoms with Gasteiger partial charge in [0, 0.05) is 12.8 Å². The second-order valence-corrected chi connectivity index (χ2v) is 16.6. The van der Waals surface area contributed by atoms with Gasteiger partial charge in [-0.3, -0.25) is 14.1 Å². The van der Waals surface area contributed by atoms with E-state index < -0.39 is 32.5 Å². The Kier molecular flexibility index (Phi) is 40.1. The third kappa shape index (κ3) is 43.3. The summed E-state index contributed by atoms with van der Waals surface area (Å²) in [5, 5.41) is 0. The van der Waals surface area contributed by atoms with Gasteiger partial charge in [-0.05, 0) is 64.2 Å². The van der Waals surface area contributed by atoms with E-state index in [9.17, 15) is 14.2 Å². The third-order valence-electron chi connectivity index (χ3n) is 9.94. The minimum Gasteiger partial charge on any atom is -0.462 e. The molecule has 1 unspecified atom stereocenters. The van der Waals surface area contributed by atoms with Crippen molar-refractivity contribution in [3.63, 3.8) is 0 Å². The van der Waals surface area contributed by atoms with E-state index in [0.717, 1.165) is 51.4 Å². The molecule has 0 aromatic carbocycles. The van der Waals surface area contributed by atoms with Crippen molar-refractivity contribution in [3.05, 3.63) is 24.3 Å². The van der Waals surface area contributed by atoms with Crippen LogP contribution in [0.2, 0.25) is 0 Å². The molecule has 0 spiro atoms. The highest BCUT2D eigenvalue weighted by atomic mass is 31.2. The van der Waals surface area contributed by atoms with Crippen molar-refractivity contribution in [1.29, 1.82) is 0 Å². The van der Waals surface area contributed by atoms with Crippen LogP contribution in [-0.4, -0.2) is 41.0 Å². The van der Waals surface area contributed by atoms with Crippen LogP contribution in [0.1, 0.15) is 232 Å². The number of hydrogen-bond donors (Lipinski definition) is 2. The van der Waals surface area contributed by atoms with E-state index in [1.165, 1.54) is 141 Å². The first-order valence-corrected chi connectivity index (χ1v) is 24.2. The number of unbranched alkanes of at least 4 members (excludes halogenated alkanes) is 28. The molecule has 0 aliphatic heterocycles. The fourth-order valence-corrected chi connectivity index (χ4v) is 6.90. The molecule has 8 nitrogen and oxygen atoms in total. The van der Waals surface area contributed by atoms with Gasteiger partial charge >= 0.3 is 19.8 Å². The zero-order valence-electron chi connectivity index (χ0n) is 35.1. The summed E-state index contributed by atoms with van der Waals surface area (Å²) in [6.07, 6.45) is 47.6. The van der Waals surface area contributed by atoms with E-state index in [0.29, 0.717) is 12.8 Å². The third-order valence-corrected chi connectivity index (χ3v) is 10.4. The smallest absolute Gasteiger partial charge is 0.462 e. The quantitative estimate of drug-likeness (QED) is 0.0272. The Morgan fingerprint density at radius 3 is 1.15 bits per heavy atom. The predicted octanol–water partition coefficient (Wildman–Crippen LogP) is 14.0. The van der Waals surface area contributed by atoms with Gasteiger partial charge in [0.1, 0.15) is 6.61 Å². The van der Waals surface area contributed by atoms with Crippen molar-refractivity contribution in [2.24, 2.45) is 0 Å². The summed E-state index contributed by atoms with van der Waals surface area (Å²) >= 11 is 0. The molecular formula is C45H85O8P. The van der Waals surface area contributed by atoms with Crippen LogP contribution in [0.5, 0.6) is 0 Å². The first-order valence-electron chi connectivity index (χ1n) is 22.6. The maximum absolute atomic E-state index is 12.4. The molecule has 0 radical (unpaired) electrons. The average molecular weight is 785 g/mol. The highest BCUT2D eigenvalue weighted by molar-refractivity contribution is 7.46. The maximum Gasteiger partial charge on any atom is 0.469 e. The molecular weight excluding hydrogens is 699 g/mol. The molecule has 54 heavy (non-hydrogen) atoms. The molecule has 0 heterocycles. The number of phosphoric acid groups is 1. The Labute approximate surface area is 332 Å². The Morgan fingerprint density at radius 1 is 0.463 bits per heavy atom. The van der Waals surface area contributed by atoms with Crippen molar-refractivity contribution in [1.82, 2.24) is 0 Å². The van der Waals surface area contributed by atoms with Gasteiger partial charge in [0.15, 0.2) is 6.10 Å². The summed E-state index contributed by atoms with van der Waals surface area (Å²) in [6, 6.07) is 0. The standard InChI is InChI=1S/C45H85O8P/c1-3-5-7-9-11-13-15-17-18-19-20-21-22-23-24-25-26-28-30-32-34-36-38-40-45(47)53-43(42-52-54(48,49)50)41-51-44(46)39-37-35-33-31-29-27-16-14-12-10-8-6-4-2/h14,16,19-20,43H,3-13,15,17-18,21-42H2,1-2H3,(H2,48,49,50)/b16-14-,20-19-. The van der Waals surface area contributed by atoms with Gasteiger partial charge in [0.25, 0.3) is 0 Å². The lowest BCUT2D eigenvalue weighted by Gasteiger charge is -2.18. The average Bonchev–Trinajstić information content (AvgIpc) is 3.14. The van der Waals surface area contributed by atoms with Gasteiger partial charge < -0.3 is 19.3 Å². The lowest BCUT2D eigenvalue weighted by Crippen LogP contribution is -2.29. The Bertz CT molecular complexity index is 931. The number of allylic oxidation sites excluding steroid dienone is 4. The molecule has 0 aliphatic carbocycles. The molecule has 0 saturated carbocycles. The summed E-state index contributed by atoms with van der Waals surface area (Å²) in [6.45, 7) is 3.68. The number of carbonyl (C=O) groups is 2. The van der Waals surface area contributed by atoms with E-state index in [2.05, 4.69) is 42.7 Å². The Hall–Kier alpha value is -1.47. The number of phosphoric ester groups is 1. The van der Waals surface area contributed by atoms with Crippen LogP contribution in [0.15, 0.2) is 24.3 Å². The summed E-state index contributed by atoms with van der Waals surface area (Å²) in [4.78, 5) is 42.9. The molecule has 0 aromatic heterocycles. The Morgan fingerprint density at radius 2 is 0.778 bits per heavy atom. The topological polar surface area (TPSA) is 119 Å². The fourth-order valence-electron chi connectivity index (χ4n) is 6.54. The molecule has 0 saturated heterocycles. The van der Waals surface area contributed by atoms with E-state index in [-0.39, 0.29) is 19.4 Å². The van der Waals surface area contributed by atoms with Crippen molar-refractivity contribution in [2.75, 3.05) is 13.2 Å². The lowest BCUT2D eigenvalue weighted by atomic mass is 10.0. The van der Waals surface area contributed by atoms with Gasteiger partial charge in [0.05, 0.1) is 6.61 Å². The second-order valence-electron chi connectivity index (χ2n) is 15.4. The summed E-state index contributed by atoms with van der Waals surface area (Å²) < 4.78 is 26.4. The van der Waals surface area contributed by atoms with Gasteiger partial charge in [-0.1, -0.05) is 179 Å². The first kappa shape index (κ1) is 52.5. The highest BCUT2D eigenvalue weighted by Gasteiger charge is 2.22. The van der Waals surface area contributed by atoms with Crippen LogP contribution >= 0.6 is 7.82 Å². The summed E-state index contributed by atoms with van der Waals surface area (Å²) in [7, 11) is -4.75. The monoisotopic (exact) mass is 785 g/mol. The van der Waals surface area contributed by atoms with Crippen LogP contribution in [0.25, 0.3) is 0 Å². The predicted molar refractivity (Wildman–Crippen MR) is 225 cm³/mol. The minimum atomic E-state index is -4.75. The maximum atomic E-state index is 12.4.